The lowest BCUT2D eigenvalue weighted by Crippen LogP contribution is -2.48. The van der Waals surface area contributed by atoms with Crippen molar-refractivity contribution in [2.24, 2.45) is 13.0 Å². The Labute approximate surface area is 219 Å². The van der Waals surface area contributed by atoms with Gasteiger partial charge in [-0.05, 0) is 29.9 Å². The molecule has 0 unspecified atom stereocenters. The number of carbonyl (C=O) groups is 2. The monoisotopic (exact) mass is 612 g/mol. The number of ether oxygens (including phenoxy) is 1. The third-order valence-corrected chi connectivity index (χ3v) is 4.82. The average molecular weight is 612 g/mol. The SMILES string of the molecule is CI.COc1c(Nc2cc(NC(=O)C3CC3)nnc2C(=O)NC(O)(O)O)cccc1-c1ncn(C)n1. The number of halogens is 1. The first-order valence-electron chi connectivity index (χ1n) is 10.5. The van der Waals surface area contributed by atoms with E-state index >= 15 is 0 Å². The Kier molecular flexibility index (Phi) is 8.72. The quantitative estimate of drug-likeness (QED) is 0.119. The molecule has 15 heteroatoms. The van der Waals surface area contributed by atoms with Gasteiger partial charge in [0.05, 0.1) is 24.0 Å². The number of carbonyl (C=O) groups excluding carboxylic acids is 2. The van der Waals surface area contributed by atoms with E-state index in [0.717, 1.165) is 12.8 Å². The van der Waals surface area contributed by atoms with Gasteiger partial charge in [-0.2, -0.15) is 5.10 Å². The summed E-state index contributed by atoms with van der Waals surface area (Å²) in [5.41, 5.74) is 0.585. The molecule has 192 valence electrons. The Bertz CT molecular complexity index is 1240. The van der Waals surface area contributed by atoms with Gasteiger partial charge in [0.15, 0.2) is 23.1 Å². The predicted octanol–water partition coefficient (Wildman–Crippen LogP) is 0.742. The highest BCUT2D eigenvalue weighted by Crippen LogP contribution is 2.37. The fourth-order valence-electron chi connectivity index (χ4n) is 3.14. The third kappa shape index (κ3) is 6.84. The number of alkyl halides is 1. The van der Waals surface area contributed by atoms with Crippen molar-refractivity contribution in [3.8, 4) is 17.1 Å². The van der Waals surface area contributed by atoms with Crippen LogP contribution in [0.4, 0.5) is 17.2 Å². The number of aliphatic hydroxyl groups is 3. The Morgan fingerprint density at radius 3 is 2.47 bits per heavy atom. The summed E-state index contributed by atoms with van der Waals surface area (Å²) in [6, 6.07) is 6.46. The van der Waals surface area contributed by atoms with Crippen LogP contribution in [0.3, 0.4) is 0 Å². The minimum absolute atomic E-state index is 0.0345. The van der Waals surface area contributed by atoms with Crippen LogP contribution < -0.4 is 20.7 Å². The minimum atomic E-state index is -3.48. The lowest BCUT2D eigenvalue weighted by molar-refractivity contribution is -0.323. The number of amides is 2. The number of rotatable bonds is 8. The number of aromatic nitrogens is 5. The molecular weight excluding hydrogens is 587 g/mol. The van der Waals surface area contributed by atoms with Crippen LogP contribution in [-0.2, 0) is 11.8 Å². The van der Waals surface area contributed by atoms with E-state index in [2.05, 4.69) is 53.5 Å². The van der Waals surface area contributed by atoms with Gasteiger partial charge in [0.2, 0.25) is 5.91 Å². The molecule has 2 heterocycles. The molecule has 36 heavy (non-hydrogen) atoms. The maximum absolute atomic E-state index is 12.5. The number of methoxy groups -OCH3 is 1. The van der Waals surface area contributed by atoms with Crippen LogP contribution in [-0.4, -0.2) is 70.2 Å². The van der Waals surface area contributed by atoms with Crippen LogP contribution in [0.1, 0.15) is 23.3 Å². The molecule has 1 aromatic carbocycles. The van der Waals surface area contributed by atoms with E-state index in [1.165, 1.54) is 24.2 Å². The highest BCUT2D eigenvalue weighted by molar-refractivity contribution is 14.1. The first kappa shape index (κ1) is 27.2. The molecule has 2 aromatic heterocycles. The lowest BCUT2D eigenvalue weighted by Gasteiger charge is -2.18. The second-order valence-corrected chi connectivity index (χ2v) is 7.60. The van der Waals surface area contributed by atoms with E-state index in [0.29, 0.717) is 22.8 Å². The molecule has 1 saturated carbocycles. The van der Waals surface area contributed by atoms with Gasteiger partial charge in [0.1, 0.15) is 6.33 Å². The Morgan fingerprint density at radius 1 is 1.17 bits per heavy atom. The second kappa shape index (κ2) is 11.5. The molecule has 14 nitrogen and oxygen atoms in total. The molecule has 2 amide bonds. The van der Waals surface area contributed by atoms with Crippen molar-refractivity contribution in [2.45, 2.75) is 18.9 Å². The van der Waals surface area contributed by atoms with Gasteiger partial charge in [-0.25, -0.2) is 4.98 Å². The number of benzene rings is 1. The largest absolute Gasteiger partial charge is 0.494 e. The van der Waals surface area contributed by atoms with Crippen molar-refractivity contribution >= 4 is 51.6 Å². The number of nitrogens with one attached hydrogen (secondary N) is 3. The molecular formula is C21H25IN8O6. The van der Waals surface area contributed by atoms with Gasteiger partial charge >= 0.3 is 6.10 Å². The van der Waals surface area contributed by atoms with E-state index in [1.54, 1.807) is 30.6 Å². The molecule has 1 aliphatic carbocycles. The summed E-state index contributed by atoms with van der Waals surface area (Å²) in [6.07, 6.45) is -0.384. The van der Waals surface area contributed by atoms with E-state index < -0.39 is 17.7 Å². The highest BCUT2D eigenvalue weighted by Gasteiger charge is 2.31. The van der Waals surface area contributed by atoms with Gasteiger partial charge < -0.3 is 30.7 Å². The smallest absolute Gasteiger partial charge is 0.369 e. The van der Waals surface area contributed by atoms with Crippen LogP contribution >= 0.6 is 22.6 Å². The van der Waals surface area contributed by atoms with Crippen molar-refractivity contribution in [3.63, 3.8) is 0 Å². The molecule has 4 rings (SSSR count). The van der Waals surface area contributed by atoms with Crippen LogP contribution in [0, 0.1) is 5.92 Å². The number of aryl methyl sites for hydroxylation is 1. The third-order valence-electron chi connectivity index (χ3n) is 4.82. The summed E-state index contributed by atoms with van der Waals surface area (Å²) < 4.78 is 7.08. The van der Waals surface area contributed by atoms with Crippen LogP contribution in [0.2, 0.25) is 0 Å². The zero-order chi connectivity index (χ0) is 26.5. The maximum atomic E-state index is 12.5. The molecule has 1 aliphatic rings. The fourth-order valence-corrected chi connectivity index (χ4v) is 3.14. The van der Waals surface area contributed by atoms with Crippen molar-refractivity contribution < 1.29 is 29.6 Å². The van der Waals surface area contributed by atoms with Gasteiger partial charge in [0.25, 0.3) is 5.91 Å². The lowest BCUT2D eigenvalue weighted by atomic mass is 10.1. The van der Waals surface area contributed by atoms with Crippen LogP contribution in [0.5, 0.6) is 5.75 Å². The standard InChI is InChI=1S/C20H22N8O6.CH3I/c1-28-9-21-17(27-28)11-4-3-5-12(16(11)34-2)22-13-8-14(23-18(29)10-6-7-10)25-26-15(13)19(30)24-20(31,32)33;1-2/h3-5,8-10,31-33H,6-7H2,1-2H3,(H,24,30)(H2,22,23,25,29);1H3. The van der Waals surface area contributed by atoms with Gasteiger partial charge in [-0.1, -0.05) is 28.7 Å². The van der Waals surface area contributed by atoms with Crippen molar-refractivity contribution in [2.75, 3.05) is 22.7 Å². The molecule has 0 aliphatic heterocycles. The van der Waals surface area contributed by atoms with Gasteiger partial charge in [-0.15, -0.1) is 10.2 Å². The molecule has 0 radical (unpaired) electrons. The number of anilines is 3. The molecule has 0 spiro atoms. The summed E-state index contributed by atoms with van der Waals surface area (Å²) in [4.78, 5) is 30.8. The second-order valence-electron chi connectivity index (χ2n) is 7.60. The summed E-state index contributed by atoms with van der Waals surface area (Å²) in [5, 5.41) is 46.5. The van der Waals surface area contributed by atoms with E-state index in [-0.39, 0.29) is 23.3 Å². The molecule has 3 aromatic rings. The van der Waals surface area contributed by atoms with Crippen LogP contribution in [0.15, 0.2) is 30.6 Å². The Balaban J connectivity index is 0.00000176. The van der Waals surface area contributed by atoms with E-state index in [4.69, 9.17) is 20.1 Å². The predicted molar refractivity (Wildman–Crippen MR) is 136 cm³/mol. The molecule has 6 N–H and O–H groups in total. The number of hydrogen-bond donors (Lipinski definition) is 6. The van der Waals surface area contributed by atoms with Gasteiger partial charge in [0, 0.05) is 19.0 Å². The number of para-hydroxylation sites is 1. The first-order valence-corrected chi connectivity index (χ1v) is 12.7. The highest BCUT2D eigenvalue weighted by atomic mass is 127. The number of hydrogen-bond acceptors (Lipinski definition) is 11. The fraction of sp³-hybridized carbons (Fsp3) is 0.333. The Morgan fingerprint density at radius 2 is 1.89 bits per heavy atom. The molecule has 1 fully saturated rings. The Hall–Kier alpha value is -3.41. The molecule has 0 atom stereocenters. The van der Waals surface area contributed by atoms with Crippen LogP contribution in [0.25, 0.3) is 11.4 Å². The maximum Gasteiger partial charge on any atom is 0.369 e. The minimum Gasteiger partial charge on any atom is -0.494 e. The molecule has 0 bridgehead atoms. The van der Waals surface area contributed by atoms with Crippen molar-refractivity contribution in [3.05, 3.63) is 36.3 Å². The van der Waals surface area contributed by atoms with E-state index in [1.807, 2.05) is 4.93 Å². The number of nitrogens with zero attached hydrogens (tertiary/aromatic N) is 5. The zero-order valence-electron chi connectivity index (χ0n) is 19.6. The zero-order valence-corrected chi connectivity index (χ0v) is 21.7. The summed E-state index contributed by atoms with van der Waals surface area (Å²) >= 11 is 2.15. The first-order chi connectivity index (χ1) is 17.1. The van der Waals surface area contributed by atoms with Crippen molar-refractivity contribution in [1.29, 1.82) is 0 Å². The summed E-state index contributed by atoms with van der Waals surface area (Å²) in [5.74, 6) is -0.649. The van der Waals surface area contributed by atoms with Crippen molar-refractivity contribution in [1.82, 2.24) is 30.3 Å². The summed E-state index contributed by atoms with van der Waals surface area (Å²) in [7, 11) is 3.17. The van der Waals surface area contributed by atoms with Gasteiger partial charge in [-0.3, -0.25) is 19.6 Å². The normalized spacial score (nSPS) is 12.8. The average Bonchev–Trinajstić information content (AvgIpc) is 3.60. The summed E-state index contributed by atoms with van der Waals surface area (Å²) in [6.45, 7) is 0. The van der Waals surface area contributed by atoms with E-state index in [9.17, 15) is 9.59 Å². The topological polar surface area (TPSA) is 197 Å². The molecule has 0 saturated heterocycles.